The number of urea groups is 1. The molecule has 5 nitrogen and oxygen atoms in total. The molecule has 0 spiro atoms. The van der Waals surface area contributed by atoms with Gasteiger partial charge >= 0.3 is 6.03 Å². The maximum atomic E-state index is 12.0. The molecule has 1 fully saturated rings. The third-order valence-corrected chi connectivity index (χ3v) is 4.36. The average Bonchev–Trinajstić information content (AvgIpc) is 3.43. The Morgan fingerprint density at radius 2 is 2.04 bits per heavy atom. The van der Waals surface area contributed by atoms with Crippen LogP contribution in [0, 0.1) is 5.92 Å². The first-order chi connectivity index (χ1) is 11.6. The number of nitrogens with zero attached hydrogens (tertiary/aromatic N) is 1. The number of fused-ring (bicyclic) bond motifs is 1. The van der Waals surface area contributed by atoms with E-state index < -0.39 is 6.10 Å². The van der Waals surface area contributed by atoms with E-state index in [1.165, 1.54) is 4.90 Å². The number of hydrogen-bond donors (Lipinski definition) is 2. The summed E-state index contributed by atoms with van der Waals surface area (Å²) in [6.07, 6.45) is 1.72. The lowest BCUT2D eigenvalue weighted by Gasteiger charge is -2.21. The predicted molar refractivity (Wildman–Crippen MR) is 94.2 cm³/mol. The fourth-order valence-electron chi connectivity index (χ4n) is 2.77. The van der Waals surface area contributed by atoms with E-state index in [9.17, 15) is 9.90 Å². The molecular formula is C19H24N2O3. The van der Waals surface area contributed by atoms with Gasteiger partial charge in [-0.15, -0.1) is 0 Å². The number of aliphatic hydroxyl groups is 1. The van der Waals surface area contributed by atoms with Crippen LogP contribution in [-0.2, 0) is 0 Å². The van der Waals surface area contributed by atoms with Gasteiger partial charge in [0.15, 0.2) is 0 Å². The third kappa shape index (κ3) is 4.17. The zero-order valence-corrected chi connectivity index (χ0v) is 13.9. The summed E-state index contributed by atoms with van der Waals surface area (Å²) in [7, 11) is 1.70. The molecule has 1 unspecified atom stereocenters. The van der Waals surface area contributed by atoms with Crippen LogP contribution in [0.15, 0.2) is 42.5 Å². The molecule has 2 amide bonds. The van der Waals surface area contributed by atoms with Crippen molar-refractivity contribution < 1.29 is 14.6 Å². The lowest BCUT2D eigenvalue weighted by molar-refractivity contribution is 0.113. The highest BCUT2D eigenvalue weighted by Gasteiger charge is 2.31. The van der Waals surface area contributed by atoms with Gasteiger partial charge in [-0.1, -0.05) is 36.4 Å². The third-order valence-electron chi connectivity index (χ3n) is 4.36. The van der Waals surface area contributed by atoms with Crippen molar-refractivity contribution in [2.24, 2.45) is 5.92 Å². The summed E-state index contributed by atoms with van der Waals surface area (Å²) < 4.78 is 5.80. The van der Waals surface area contributed by atoms with E-state index in [0.29, 0.717) is 25.6 Å². The lowest BCUT2D eigenvalue weighted by Crippen LogP contribution is -2.43. The first kappa shape index (κ1) is 16.6. The van der Waals surface area contributed by atoms with Gasteiger partial charge in [-0.3, -0.25) is 0 Å². The van der Waals surface area contributed by atoms with Gasteiger partial charge in [-0.05, 0) is 30.2 Å². The van der Waals surface area contributed by atoms with Crippen molar-refractivity contribution in [2.45, 2.75) is 18.9 Å². The van der Waals surface area contributed by atoms with E-state index in [1.807, 2.05) is 42.5 Å². The molecule has 2 N–H and O–H groups in total. The van der Waals surface area contributed by atoms with Crippen molar-refractivity contribution in [3.8, 4) is 5.75 Å². The molecule has 1 atom stereocenters. The number of rotatable bonds is 7. The Bertz CT molecular complexity index is 695. The molecule has 5 heteroatoms. The van der Waals surface area contributed by atoms with E-state index in [0.717, 1.165) is 29.4 Å². The molecule has 0 aliphatic heterocycles. The van der Waals surface area contributed by atoms with Crippen LogP contribution in [0.2, 0.25) is 0 Å². The van der Waals surface area contributed by atoms with E-state index >= 15 is 0 Å². The summed E-state index contributed by atoms with van der Waals surface area (Å²) >= 11 is 0. The molecule has 2 aromatic rings. The van der Waals surface area contributed by atoms with Gasteiger partial charge in [0.25, 0.3) is 0 Å². The number of benzene rings is 2. The van der Waals surface area contributed by atoms with E-state index in [4.69, 9.17) is 4.74 Å². The predicted octanol–water partition coefficient (Wildman–Crippen LogP) is 2.63. The first-order valence-corrected chi connectivity index (χ1v) is 8.43. The second kappa shape index (κ2) is 7.53. The molecule has 0 saturated heterocycles. The van der Waals surface area contributed by atoms with Crippen LogP contribution >= 0.6 is 0 Å². The molecule has 0 bridgehead atoms. The Morgan fingerprint density at radius 3 is 2.83 bits per heavy atom. The maximum absolute atomic E-state index is 12.0. The lowest BCUT2D eigenvalue weighted by atomic mass is 10.1. The first-order valence-electron chi connectivity index (χ1n) is 8.43. The normalized spacial score (nSPS) is 15.1. The van der Waals surface area contributed by atoms with Crippen LogP contribution in [-0.4, -0.2) is 48.9 Å². The van der Waals surface area contributed by atoms with Gasteiger partial charge < -0.3 is 20.1 Å². The molecule has 0 radical (unpaired) electrons. The van der Waals surface area contributed by atoms with Crippen molar-refractivity contribution in [2.75, 3.05) is 26.7 Å². The highest BCUT2D eigenvalue weighted by atomic mass is 16.5. The number of carbonyl (C=O) groups is 1. The fourth-order valence-corrected chi connectivity index (χ4v) is 2.77. The number of nitrogens with one attached hydrogen (secondary N) is 1. The summed E-state index contributed by atoms with van der Waals surface area (Å²) in [6, 6.07) is 13.8. The number of aliphatic hydroxyl groups excluding tert-OH is 1. The minimum Gasteiger partial charge on any atom is -0.491 e. The fraction of sp³-hybridized carbons (Fsp3) is 0.421. The Balaban J connectivity index is 1.43. The minimum absolute atomic E-state index is 0.184. The number of hydrogen-bond acceptors (Lipinski definition) is 3. The molecule has 3 rings (SSSR count). The van der Waals surface area contributed by atoms with Crippen molar-refractivity contribution in [1.29, 1.82) is 0 Å². The van der Waals surface area contributed by atoms with E-state index in [-0.39, 0.29) is 6.03 Å². The minimum atomic E-state index is -0.410. The smallest absolute Gasteiger partial charge is 0.317 e. The van der Waals surface area contributed by atoms with Crippen molar-refractivity contribution in [1.82, 2.24) is 10.2 Å². The molecule has 128 valence electrons. The van der Waals surface area contributed by atoms with Crippen LogP contribution in [0.25, 0.3) is 10.8 Å². The molecule has 2 aromatic carbocycles. The van der Waals surface area contributed by atoms with Gasteiger partial charge in [0.1, 0.15) is 12.4 Å². The summed E-state index contributed by atoms with van der Waals surface area (Å²) in [5, 5.41) is 14.9. The van der Waals surface area contributed by atoms with Gasteiger partial charge in [0, 0.05) is 19.0 Å². The van der Waals surface area contributed by atoms with Crippen molar-refractivity contribution >= 4 is 16.8 Å². The number of carbonyl (C=O) groups excluding carboxylic acids is 1. The molecule has 1 aliphatic carbocycles. The summed E-state index contributed by atoms with van der Waals surface area (Å²) in [4.78, 5) is 13.5. The highest BCUT2D eigenvalue weighted by Crippen LogP contribution is 2.32. The van der Waals surface area contributed by atoms with Crippen LogP contribution in [0.5, 0.6) is 5.75 Å². The SMILES string of the molecule is CN(CC(O)C1CC1)C(=O)NCCOc1cccc2ccccc12. The van der Waals surface area contributed by atoms with Crippen LogP contribution < -0.4 is 10.1 Å². The Labute approximate surface area is 142 Å². The van der Waals surface area contributed by atoms with Crippen molar-refractivity contribution in [3.05, 3.63) is 42.5 Å². The topological polar surface area (TPSA) is 61.8 Å². The maximum Gasteiger partial charge on any atom is 0.317 e. The standard InChI is InChI=1S/C19H24N2O3/c1-21(13-17(22)15-9-10-15)19(23)20-11-12-24-18-8-4-6-14-5-2-3-7-16(14)18/h2-8,15,17,22H,9-13H2,1H3,(H,20,23). The Kier molecular flexibility index (Phi) is 5.20. The number of likely N-dealkylation sites (N-methyl/N-ethyl adjacent to an activating group) is 1. The molecular weight excluding hydrogens is 304 g/mol. The monoisotopic (exact) mass is 328 g/mol. The molecule has 0 heterocycles. The summed E-state index contributed by atoms with van der Waals surface area (Å²) in [5.74, 6) is 1.19. The Hall–Kier alpha value is -2.27. The zero-order valence-electron chi connectivity index (χ0n) is 13.9. The van der Waals surface area contributed by atoms with Gasteiger partial charge in [0.2, 0.25) is 0 Å². The molecule has 24 heavy (non-hydrogen) atoms. The molecule has 1 aliphatic rings. The number of amides is 2. The summed E-state index contributed by atoms with van der Waals surface area (Å²) in [6.45, 7) is 1.20. The van der Waals surface area contributed by atoms with Crippen LogP contribution in [0.1, 0.15) is 12.8 Å². The molecule has 0 aromatic heterocycles. The second-order valence-electron chi connectivity index (χ2n) is 6.34. The quantitative estimate of drug-likeness (QED) is 0.768. The van der Waals surface area contributed by atoms with Gasteiger partial charge in [-0.25, -0.2) is 4.79 Å². The zero-order chi connectivity index (χ0) is 16.9. The van der Waals surface area contributed by atoms with Crippen molar-refractivity contribution in [3.63, 3.8) is 0 Å². The van der Waals surface area contributed by atoms with Crippen LogP contribution in [0.3, 0.4) is 0 Å². The second-order valence-corrected chi connectivity index (χ2v) is 6.34. The molecule has 1 saturated carbocycles. The highest BCUT2D eigenvalue weighted by molar-refractivity contribution is 5.88. The average molecular weight is 328 g/mol. The largest absolute Gasteiger partial charge is 0.491 e. The number of ether oxygens (including phenoxy) is 1. The van der Waals surface area contributed by atoms with Crippen LogP contribution in [0.4, 0.5) is 4.79 Å². The van der Waals surface area contributed by atoms with Gasteiger partial charge in [-0.2, -0.15) is 0 Å². The van der Waals surface area contributed by atoms with E-state index in [2.05, 4.69) is 5.32 Å². The van der Waals surface area contributed by atoms with E-state index in [1.54, 1.807) is 7.05 Å². The summed E-state index contributed by atoms with van der Waals surface area (Å²) in [5.41, 5.74) is 0. The van der Waals surface area contributed by atoms with Gasteiger partial charge in [0.05, 0.1) is 12.6 Å². The Morgan fingerprint density at radius 1 is 1.29 bits per heavy atom.